The topological polar surface area (TPSA) is 59.2 Å². The molecule has 1 saturated heterocycles. The summed E-state index contributed by atoms with van der Waals surface area (Å²) in [6.07, 6.45) is 1.55. The third-order valence-electron chi connectivity index (χ3n) is 4.70. The summed E-state index contributed by atoms with van der Waals surface area (Å²) in [7, 11) is 0. The zero-order valence-electron chi connectivity index (χ0n) is 14.4. The molecule has 1 amide bonds. The van der Waals surface area contributed by atoms with E-state index in [4.69, 9.17) is 4.52 Å². The molecule has 27 heavy (non-hydrogen) atoms. The molecule has 138 valence electrons. The van der Waals surface area contributed by atoms with Crippen molar-refractivity contribution in [3.8, 4) is 11.5 Å². The quantitative estimate of drug-likeness (QED) is 0.699. The summed E-state index contributed by atoms with van der Waals surface area (Å²) in [5.41, 5.74) is 0.698. The van der Waals surface area contributed by atoms with Gasteiger partial charge in [-0.15, -0.1) is 0 Å². The molecular formula is C20H17F2N3O2. The van der Waals surface area contributed by atoms with Crippen LogP contribution in [-0.2, 0) is 0 Å². The predicted molar refractivity (Wildman–Crippen MR) is 94.0 cm³/mol. The lowest BCUT2D eigenvalue weighted by Gasteiger charge is -2.31. The van der Waals surface area contributed by atoms with Crippen molar-refractivity contribution in [2.24, 2.45) is 0 Å². The van der Waals surface area contributed by atoms with Gasteiger partial charge < -0.3 is 9.42 Å². The van der Waals surface area contributed by atoms with Crippen molar-refractivity contribution in [3.05, 3.63) is 71.6 Å². The van der Waals surface area contributed by atoms with Crippen LogP contribution in [0.15, 0.2) is 53.1 Å². The molecular weight excluding hydrogens is 352 g/mol. The normalized spacial score (nSPS) is 17.1. The molecule has 1 aliphatic heterocycles. The molecule has 1 atom stereocenters. The van der Waals surface area contributed by atoms with Crippen molar-refractivity contribution < 1.29 is 18.1 Å². The zero-order valence-corrected chi connectivity index (χ0v) is 14.4. The molecule has 1 fully saturated rings. The lowest BCUT2D eigenvalue weighted by Crippen LogP contribution is -2.39. The van der Waals surface area contributed by atoms with Crippen LogP contribution in [0.25, 0.3) is 11.5 Å². The van der Waals surface area contributed by atoms with Gasteiger partial charge in [0.15, 0.2) is 5.82 Å². The number of amides is 1. The maximum Gasteiger partial charge on any atom is 0.257 e. The first kappa shape index (κ1) is 17.3. The Labute approximate surface area is 154 Å². The van der Waals surface area contributed by atoms with E-state index in [1.807, 2.05) is 30.3 Å². The predicted octanol–water partition coefficient (Wildman–Crippen LogP) is 4.03. The third-order valence-corrected chi connectivity index (χ3v) is 4.70. The molecule has 0 bridgehead atoms. The number of halogens is 2. The van der Waals surface area contributed by atoms with E-state index in [0.717, 1.165) is 30.5 Å². The fourth-order valence-electron chi connectivity index (χ4n) is 3.30. The molecule has 5 nitrogen and oxygen atoms in total. The van der Waals surface area contributed by atoms with Crippen molar-refractivity contribution in [1.82, 2.24) is 15.0 Å². The summed E-state index contributed by atoms with van der Waals surface area (Å²) in [5.74, 6) is -1.14. The Bertz CT molecular complexity index is 959. The second-order valence-corrected chi connectivity index (χ2v) is 6.54. The van der Waals surface area contributed by atoms with E-state index in [1.54, 1.807) is 4.90 Å². The number of hydrogen-bond acceptors (Lipinski definition) is 4. The molecule has 4 rings (SSSR count). The monoisotopic (exact) mass is 369 g/mol. The van der Waals surface area contributed by atoms with Crippen LogP contribution in [0.5, 0.6) is 0 Å². The van der Waals surface area contributed by atoms with Crippen LogP contribution < -0.4 is 0 Å². The average Bonchev–Trinajstić information content (AvgIpc) is 3.19. The largest absolute Gasteiger partial charge is 0.338 e. The number of likely N-dealkylation sites (tertiary alicyclic amines) is 1. The van der Waals surface area contributed by atoms with Crippen LogP contribution in [-0.4, -0.2) is 34.0 Å². The molecule has 7 heteroatoms. The van der Waals surface area contributed by atoms with Crippen molar-refractivity contribution in [1.29, 1.82) is 0 Å². The highest BCUT2D eigenvalue weighted by Gasteiger charge is 2.29. The summed E-state index contributed by atoms with van der Waals surface area (Å²) < 4.78 is 32.4. The van der Waals surface area contributed by atoms with Crippen LogP contribution in [0.4, 0.5) is 8.78 Å². The second-order valence-electron chi connectivity index (χ2n) is 6.54. The van der Waals surface area contributed by atoms with Crippen molar-refractivity contribution in [2.45, 2.75) is 18.8 Å². The summed E-state index contributed by atoms with van der Waals surface area (Å²) in [6, 6.07) is 12.4. The van der Waals surface area contributed by atoms with Crippen molar-refractivity contribution >= 4 is 5.91 Å². The first-order valence-electron chi connectivity index (χ1n) is 8.75. The van der Waals surface area contributed by atoms with E-state index in [0.29, 0.717) is 24.8 Å². The smallest absolute Gasteiger partial charge is 0.257 e. The molecule has 0 saturated carbocycles. The Hall–Kier alpha value is -3.09. The van der Waals surface area contributed by atoms with Crippen LogP contribution >= 0.6 is 0 Å². The van der Waals surface area contributed by atoms with Gasteiger partial charge in [0.1, 0.15) is 11.6 Å². The number of carbonyl (C=O) groups is 1. The van der Waals surface area contributed by atoms with Gasteiger partial charge in [0.05, 0.1) is 5.56 Å². The zero-order chi connectivity index (χ0) is 18.8. The molecule has 0 N–H and O–H groups in total. The summed E-state index contributed by atoms with van der Waals surface area (Å²) in [6.45, 7) is 0.874. The van der Waals surface area contributed by atoms with E-state index in [1.165, 1.54) is 6.07 Å². The molecule has 0 radical (unpaired) electrons. The van der Waals surface area contributed by atoms with Gasteiger partial charge >= 0.3 is 0 Å². The highest BCUT2D eigenvalue weighted by molar-refractivity contribution is 5.94. The Kier molecular flexibility index (Phi) is 4.66. The number of piperidine rings is 1. The van der Waals surface area contributed by atoms with Gasteiger partial charge in [-0.3, -0.25) is 4.79 Å². The lowest BCUT2D eigenvalue weighted by atomic mass is 9.96. The molecule has 1 unspecified atom stereocenters. The van der Waals surface area contributed by atoms with Crippen LogP contribution in [0.3, 0.4) is 0 Å². The van der Waals surface area contributed by atoms with Crippen molar-refractivity contribution in [2.75, 3.05) is 13.1 Å². The van der Waals surface area contributed by atoms with Crippen LogP contribution in [0.1, 0.15) is 34.9 Å². The van der Waals surface area contributed by atoms with E-state index in [9.17, 15) is 13.6 Å². The highest BCUT2D eigenvalue weighted by Crippen LogP contribution is 2.28. The van der Waals surface area contributed by atoms with Gasteiger partial charge in [-0.25, -0.2) is 8.78 Å². The number of carbonyl (C=O) groups excluding carboxylic acids is 1. The number of rotatable bonds is 3. The van der Waals surface area contributed by atoms with E-state index in [-0.39, 0.29) is 11.5 Å². The lowest BCUT2D eigenvalue weighted by molar-refractivity contribution is 0.0698. The number of aromatic nitrogens is 2. The number of hydrogen-bond donors (Lipinski definition) is 0. The van der Waals surface area contributed by atoms with E-state index >= 15 is 0 Å². The van der Waals surface area contributed by atoms with Gasteiger partial charge in [-0.1, -0.05) is 23.4 Å². The first-order valence-corrected chi connectivity index (χ1v) is 8.75. The molecule has 0 aliphatic carbocycles. The Morgan fingerprint density at radius 3 is 2.74 bits per heavy atom. The SMILES string of the molecule is O=C(c1ccc(F)cc1F)N1CCCC(c2noc(-c3ccccc3)n2)C1. The fourth-order valence-corrected chi connectivity index (χ4v) is 3.30. The molecule has 0 spiro atoms. The number of benzene rings is 2. The molecule has 1 aliphatic rings. The van der Waals surface area contributed by atoms with Gasteiger partial charge in [-0.05, 0) is 37.1 Å². The Morgan fingerprint density at radius 1 is 1.15 bits per heavy atom. The third kappa shape index (κ3) is 3.58. The molecule has 2 heterocycles. The highest BCUT2D eigenvalue weighted by atomic mass is 19.1. The Balaban J connectivity index is 1.51. The van der Waals surface area contributed by atoms with Crippen molar-refractivity contribution in [3.63, 3.8) is 0 Å². The summed E-state index contributed by atoms with van der Waals surface area (Å²) in [5, 5.41) is 4.06. The minimum absolute atomic E-state index is 0.0904. The summed E-state index contributed by atoms with van der Waals surface area (Å²) in [4.78, 5) is 18.7. The van der Waals surface area contributed by atoms with Crippen LogP contribution in [0.2, 0.25) is 0 Å². The van der Waals surface area contributed by atoms with Gasteiger partial charge in [0, 0.05) is 30.6 Å². The van der Waals surface area contributed by atoms with Gasteiger partial charge in [-0.2, -0.15) is 4.98 Å². The summed E-state index contributed by atoms with van der Waals surface area (Å²) >= 11 is 0. The molecule has 3 aromatic rings. The molecule has 1 aromatic heterocycles. The van der Waals surface area contributed by atoms with Gasteiger partial charge in [0.2, 0.25) is 0 Å². The second kappa shape index (κ2) is 7.26. The Morgan fingerprint density at radius 2 is 1.96 bits per heavy atom. The fraction of sp³-hybridized carbons (Fsp3) is 0.250. The first-order chi connectivity index (χ1) is 13.1. The van der Waals surface area contributed by atoms with E-state index in [2.05, 4.69) is 10.1 Å². The van der Waals surface area contributed by atoms with E-state index < -0.39 is 17.5 Å². The minimum atomic E-state index is -0.854. The maximum atomic E-state index is 13.9. The van der Waals surface area contributed by atoms with Crippen LogP contribution in [0, 0.1) is 11.6 Å². The standard InChI is InChI=1S/C20H17F2N3O2/c21-15-8-9-16(17(22)11-15)20(26)25-10-4-7-14(12-25)18-23-19(27-24-18)13-5-2-1-3-6-13/h1-3,5-6,8-9,11,14H,4,7,10,12H2. The molecule has 2 aromatic carbocycles. The average molecular weight is 369 g/mol. The minimum Gasteiger partial charge on any atom is -0.338 e. The number of nitrogens with zero attached hydrogens (tertiary/aromatic N) is 3. The maximum absolute atomic E-state index is 13.9. The van der Waals surface area contributed by atoms with Gasteiger partial charge in [0.25, 0.3) is 11.8 Å².